The number of hydrogen-bond donors (Lipinski definition) is 2. The molecule has 1 aromatic heterocycles. The number of carbonyl (C=O) groups is 1. The topological polar surface area (TPSA) is 93.1 Å². The van der Waals surface area contributed by atoms with Gasteiger partial charge < -0.3 is 9.88 Å². The van der Waals surface area contributed by atoms with Crippen molar-refractivity contribution in [3.05, 3.63) is 60.4 Å². The molecule has 3 aromatic rings. The lowest BCUT2D eigenvalue weighted by Gasteiger charge is -2.10. The summed E-state index contributed by atoms with van der Waals surface area (Å²) < 4.78 is 29.8. The molecular formula is C18H16N4O3S2. The van der Waals surface area contributed by atoms with Gasteiger partial charge in [-0.3, -0.25) is 9.52 Å². The zero-order chi connectivity index (χ0) is 19.0. The van der Waals surface area contributed by atoms with Crippen molar-refractivity contribution in [3.8, 4) is 0 Å². The second-order valence-corrected chi connectivity index (χ2v) is 8.82. The van der Waals surface area contributed by atoms with Crippen molar-refractivity contribution in [1.29, 1.82) is 0 Å². The van der Waals surface area contributed by atoms with Gasteiger partial charge in [-0.05, 0) is 48.0 Å². The first-order valence-electron chi connectivity index (χ1n) is 8.11. The summed E-state index contributed by atoms with van der Waals surface area (Å²) >= 11 is 1.49. The Labute approximate surface area is 160 Å². The number of nitrogens with one attached hydrogen (secondary N) is 2. The zero-order valence-corrected chi connectivity index (χ0v) is 16.0. The molecule has 7 nitrogen and oxygen atoms in total. The van der Waals surface area contributed by atoms with Crippen LogP contribution in [0.3, 0.4) is 0 Å². The molecule has 0 atom stereocenters. The highest BCUT2D eigenvalue weighted by molar-refractivity contribution is 7.99. The van der Waals surface area contributed by atoms with E-state index in [0.717, 1.165) is 10.1 Å². The Morgan fingerprint density at radius 2 is 1.96 bits per heavy atom. The summed E-state index contributed by atoms with van der Waals surface area (Å²) in [7, 11) is -1.82. The quantitative estimate of drug-likeness (QED) is 0.687. The maximum Gasteiger partial charge on any atom is 0.261 e. The van der Waals surface area contributed by atoms with Crippen LogP contribution >= 0.6 is 11.8 Å². The van der Waals surface area contributed by atoms with Gasteiger partial charge >= 0.3 is 0 Å². The number of anilines is 2. The molecule has 0 bridgehead atoms. The lowest BCUT2D eigenvalue weighted by atomic mass is 10.2. The molecule has 27 heavy (non-hydrogen) atoms. The first-order valence-corrected chi connectivity index (χ1v) is 10.4. The molecule has 138 valence electrons. The predicted molar refractivity (Wildman–Crippen MR) is 103 cm³/mol. The van der Waals surface area contributed by atoms with Crippen LogP contribution in [0.5, 0.6) is 0 Å². The number of carbonyl (C=O) groups excluding carboxylic acids is 1. The molecule has 9 heteroatoms. The van der Waals surface area contributed by atoms with Gasteiger partial charge in [0, 0.05) is 35.7 Å². The SMILES string of the molecule is Cn1ccnc1Sc1ccc(NS(=O)(=O)c2ccc3c(c2)CC(=O)N3)cc1. The maximum absolute atomic E-state index is 12.6. The molecule has 0 unspecified atom stereocenters. The van der Waals surface area contributed by atoms with Crippen molar-refractivity contribution in [2.75, 3.05) is 10.0 Å². The van der Waals surface area contributed by atoms with Gasteiger partial charge in [-0.1, -0.05) is 11.8 Å². The predicted octanol–water partition coefficient (Wildman–Crippen LogP) is 2.87. The molecule has 0 saturated carbocycles. The van der Waals surface area contributed by atoms with Crippen LogP contribution in [0.4, 0.5) is 11.4 Å². The minimum Gasteiger partial charge on any atom is -0.329 e. The molecule has 0 saturated heterocycles. The molecule has 1 aliphatic rings. The highest BCUT2D eigenvalue weighted by atomic mass is 32.2. The van der Waals surface area contributed by atoms with Gasteiger partial charge in [0.1, 0.15) is 0 Å². The Kier molecular flexibility index (Phi) is 4.40. The van der Waals surface area contributed by atoms with Crippen molar-refractivity contribution in [3.63, 3.8) is 0 Å². The van der Waals surface area contributed by atoms with Crippen LogP contribution < -0.4 is 10.0 Å². The number of aryl methyl sites for hydroxylation is 1. The Balaban J connectivity index is 1.50. The van der Waals surface area contributed by atoms with Crippen LogP contribution in [-0.2, 0) is 28.3 Å². The van der Waals surface area contributed by atoms with E-state index in [2.05, 4.69) is 15.0 Å². The molecule has 0 aliphatic carbocycles. The minimum atomic E-state index is -3.73. The van der Waals surface area contributed by atoms with Gasteiger partial charge in [0.2, 0.25) is 5.91 Å². The molecule has 2 heterocycles. The van der Waals surface area contributed by atoms with Gasteiger partial charge in [0.15, 0.2) is 5.16 Å². The number of nitrogens with zero attached hydrogens (tertiary/aromatic N) is 2. The van der Waals surface area contributed by atoms with Crippen LogP contribution in [0.25, 0.3) is 0 Å². The van der Waals surface area contributed by atoms with E-state index >= 15 is 0 Å². The van der Waals surface area contributed by atoms with E-state index in [-0.39, 0.29) is 17.2 Å². The maximum atomic E-state index is 12.6. The Morgan fingerprint density at radius 3 is 2.67 bits per heavy atom. The summed E-state index contributed by atoms with van der Waals surface area (Å²) in [5, 5.41) is 3.54. The van der Waals surface area contributed by atoms with E-state index in [4.69, 9.17) is 0 Å². The molecule has 4 rings (SSSR count). The number of aromatic nitrogens is 2. The van der Waals surface area contributed by atoms with Crippen LogP contribution in [0.15, 0.2) is 69.8 Å². The lowest BCUT2D eigenvalue weighted by Crippen LogP contribution is -2.13. The van der Waals surface area contributed by atoms with Crippen molar-refractivity contribution in [1.82, 2.24) is 9.55 Å². The zero-order valence-electron chi connectivity index (χ0n) is 14.3. The third-order valence-corrected chi connectivity index (χ3v) is 6.57. The van der Waals surface area contributed by atoms with E-state index in [0.29, 0.717) is 16.9 Å². The van der Waals surface area contributed by atoms with Gasteiger partial charge in [-0.2, -0.15) is 0 Å². The molecule has 0 radical (unpaired) electrons. The van der Waals surface area contributed by atoms with Crippen molar-refractivity contribution < 1.29 is 13.2 Å². The fraction of sp³-hybridized carbons (Fsp3) is 0.111. The second kappa shape index (κ2) is 6.75. The highest BCUT2D eigenvalue weighted by Gasteiger charge is 2.22. The Bertz CT molecular complexity index is 1120. The van der Waals surface area contributed by atoms with Crippen molar-refractivity contribution >= 4 is 39.1 Å². The van der Waals surface area contributed by atoms with Crippen molar-refractivity contribution in [2.24, 2.45) is 7.05 Å². The molecule has 1 aliphatic heterocycles. The molecular weight excluding hydrogens is 384 g/mol. The number of fused-ring (bicyclic) bond motifs is 1. The first kappa shape index (κ1) is 17.6. The number of amides is 1. The smallest absolute Gasteiger partial charge is 0.261 e. The van der Waals surface area contributed by atoms with Crippen LogP contribution in [0, 0.1) is 0 Å². The number of hydrogen-bond acceptors (Lipinski definition) is 5. The Hall–Kier alpha value is -2.78. The summed E-state index contributed by atoms with van der Waals surface area (Å²) in [6.07, 6.45) is 3.78. The fourth-order valence-electron chi connectivity index (χ4n) is 2.73. The van der Waals surface area contributed by atoms with E-state index in [9.17, 15) is 13.2 Å². The van der Waals surface area contributed by atoms with Gasteiger partial charge in [0.05, 0.1) is 11.3 Å². The van der Waals surface area contributed by atoms with Crippen LogP contribution in [0.1, 0.15) is 5.56 Å². The fourth-order valence-corrected chi connectivity index (χ4v) is 4.64. The van der Waals surface area contributed by atoms with Crippen LogP contribution in [-0.4, -0.2) is 23.9 Å². The van der Waals surface area contributed by atoms with Gasteiger partial charge in [0.25, 0.3) is 10.0 Å². The van der Waals surface area contributed by atoms with E-state index in [1.165, 1.54) is 23.9 Å². The third kappa shape index (κ3) is 3.69. The molecule has 2 N–H and O–H groups in total. The van der Waals surface area contributed by atoms with Crippen molar-refractivity contribution in [2.45, 2.75) is 21.4 Å². The number of benzene rings is 2. The summed E-state index contributed by atoms with van der Waals surface area (Å²) in [6.45, 7) is 0. The Morgan fingerprint density at radius 1 is 1.19 bits per heavy atom. The van der Waals surface area contributed by atoms with Gasteiger partial charge in [-0.25, -0.2) is 13.4 Å². The molecule has 0 spiro atoms. The number of imidazole rings is 1. The van der Waals surface area contributed by atoms with E-state index in [1.807, 2.05) is 29.9 Å². The van der Waals surface area contributed by atoms with Gasteiger partial charge in [-0.15, -0.1) is 0 Å². The van der Waals surface area contributed by atoms with E-state index in [1.54, 1.807) is 24.4 Å². The lowest BCUT2D eigenvalue weighted by molar-refractivity contribution is -0.115. The normalized spacial score (nSPS) is 13.3. The molecule has 2 aromatic carbocycles. The third-order valence-electron chi connectivity index (χ3n) is 4.10. The monoisotopic (exact) mass is 400 g/mol. The largest absolute Gasteiger partial charge is 0.329 e. The second-order valence-electron chi connectivity index (χ2n) is 6.10. The number of rotatable bonds is 5. The van der Waals surface area contributed by atoms with E-state index < -0.39 is 10.0 Å². The summed E-state index contributed by atoms with van der Waals surface area (Å²) in [6, 6.07) is 11.7. The minimum absolute atomic E-state index is 0.129. The number of sulfonamides is 1. The summed E-state index contributed by atoms with van der Waals surface area (Å²) in [5.41, 5.74) is 1.81. The molecule has 0 fully saturated rings. The molecule has 1 amide bonds. The van der Waals surface area contributed by atoms with Crippen LogP contribution in [0.2, 0.25) is 0 Å². The summed E-state index contributed by atoms with van der Waals surface area (Å²) in [5.74, 6) is -0.131. The highest BCUT2D eigenvalue weighted by Crippen LogP contribution is 2.29. The first-order chi connectivity index (χ1) is 12.9. The standard InChI is InChI=1S/C18H16N4O3S2/c1-22-9-8-19-18(22)26-14-4-2-13(3-5-14)21-27(24,25)15-6-7-16-12(10-15)11-17(23)20-16/h2-10,21H,11H2,1H3,(H,20,23). The summed E-state index contributed by atoms with van der Waals surface area (Å²) in [4.78, 5) is 16.8. The average Bonchev–Trinajstić information content (AvgIpc) is 3.20. The average molecular weight is 400 g/mol.